The summed E-state index contributed by atoms with van der Waals surface area (Å²) in [5.41, 5.74) is 1.71. The van der Waals surface area contributed by atoms with Crippen LogP contribution in [0.2, 0.25) is 0 Å². The largest absolute Gasteiger partial charge is 0.486 e. The number of nitrogens with zero attached hydrogens (tertiary/aromatic N) is 5. The molecule has 5 rings (SSSR count). The Morgan fingerprint density at radius 1 is 0.967 bits per heavy atom. The number of aromatic nitrogens is 4. The van der Waals surface area contributed by atoms with E-state index in [1.54, 1.807) is 28.9 Å². The lowest BCUT2D eigenvalue weighted by Gasteiger charge is -2.18. The van der Waals surface area contributed by atoms with Crippen molar-refractivity contribution in [2.24, 2.45) is 0 Å². The Kier molecular flexibility index (Phi) is 4.83. The normalized spacial score (nSPS) is 14.9. The molecule has 0 unspecified atom stereocenters. The van der Waals surface area contributed by atoms with Crippen LogP contribution in [0.25, 0.3) is 5.69 Å². The first-order chi connectivity index (χ1) is 14.7. The molecule has 0 radical (unpaired) electrons. The fraction of sp³-hybridized carbons (Fsp3) is 0.250. The highest BCUT2D eigenvalue weighted by molar-refractivity contribution is 7.99. The molecule has 0 spiro atoms. The van der Waals surface area contributed by atoms with E-state index >= 15 is 0 Å². The molecule has 2 aliphatic rings. The van der Waals surface area contributed by atoms with Gasteiger partial charge in [0.2, 0.25) is 5.16 Å². The van der Waals surface area contributed by atoms with Gasteiger partial charge in [0, 0.05) is 18.4 Å². The van der Waals surface area contributed by atoms with Gasteiger partial charge in [-0.25, -0.2) is 0 Å². The zero-order valence-electron chi connectivity index (χ0n) is 15.9. The summed E-state index contributed by atoms with van der Waals surface area (Å²) in [6.07, 6.45) is 0.629. The zero-order valence-corrected chi connectivity index (χ0v) is 16.7. The highest BCUT2D eigenvalue weighted by Crippen LogP contribution is 2.32. The molecule has 30 heavy (non-hydrogen) atoms. The first-order valence-electron chi connectivity index (χ1n) is 9.49. The minimum Gasteiger partial charge on any atom is -0.486 e. The minimum atomic E-state index is -0.235. The SMILES string of the molecule is O=C1c2ccccc2C(=O)N1CCCSc1nnnn1-c1ccc2c(c1)OCCO2. The van der Waals surface area contributed by atoms with Crippen LogP contribution >= 0.6 is 11.8 Å². The minimum absolute atomic E-state index is 0.235. The lowest BCUT2D eigenvalue weighted by molar-refractivity contribution is 0.0655. The van der Waals surface area contributed by atoms with Gasteiger partial charge in [0.15, 0.2) is 11.5 Å². The first kappa shape index (κ1) is 18.6. The maximum absolute atomic E-state index is 12.4. The molecule has 2 amide bonds. The molecule has 0 bridgehead atoms. The van der Waals surface area contributed by atoms with Crippen molar-refractivity contribution in [3.8, 4) is 17.2 Å². The van der Waals surface area contributed by atoms with Gasteiger partial charge in [-0.2, -0.15) is 4.68 Å². The van der Waals surface area contributed by atoms with E-state index in [1.165, 1.54) is 16.7 Å². The predicted octanol–water partition coefficient (Wildman–Crippen LogP) is 2.21. The average Bonchev–Trinajstić information content (AvgIpc) is 3.35. The van der Waals surface area contributed by atoms with Gasteiger partial charge < -0.3 is 9.47 Å². The fourth-order valence-electron chi connectivity index (χ4n) is 3.42. The van der Waals surface area contributed by atoms with Crippen LogP contribution in [-0.2, 0) is 0 Å². The molecule has 0 aliphatic carbocycles. The van der Waals surface area contributed by atoms with Crippen molar-refractivity contribution in [2.75, 3.05) is 25.5 Å². The number of tetrazole rings is 1. The highest BCUT2D eigenvalue weighted by atomic mass is 32.2. The number of carbonyl (C=O) groups is 2. The summed E-state index contributed by atoms with van der Waals surface area (Å²) >= 11 is 1.46. The number of amides is 2. The Balaban J connectivity index is 1.21. The third-order valence-electron chi connectivity index (χ3n) is 4.85. The smallest absolute Gasteiger partial charge is 0.261 e. The molecule has 3 aromatic rings. The van der Waals surface area contributed by atoms with Crippen molar-refractivity contribution < 1.29 is 19.1 Å². The van der Waals surface area contributed by atoms with Crippen molar-refractivity contribution in [3.05, 3.63) is 53.6 Å². The Labute approximate surface area is 176 Å². The van der Waals surface area contributed by atoms with Crippen LogP contribution in [-0.4, -0.2) is 62.4 Å². The van der Waals surface area contributed by atoms with Crippen molar-refractivity contribution in [1.29, 1.82) is 0 Å². The molecule has 0 saturated carbocycles. The second-order valence-corrected chi connectivity index (χ2v) is 7.77. The summed E-state index contributed by atoms with van der Waals surface area (Å²) in [7, 11) is 0. The number of hydrogen-bond acceptors (Lipinski definition) is 8. The Morgan fingerprint density at radius 2 is 1.70 bits per heavy atom. The predicted molar refractivity (Wildman–Crippen MR) is 107 cm³/mol. The molecular formula is C20H17N5O4S. The zero-order chi connectivity index (χ0) is 20.5. The van der Waals surface area contributed by atoms with Crippen LogP contribution in [0.5, 0.6) is 11.5 Å². The summed E-state index contributed by atoms with van der Waals surface area (Å²) in [4.78, 5) is 26.2. The number of rotatable bonds is 6. The van der Waals surface area contributed by atoms with Gasteiger partial charge in [0.1, 0.15) is 13.2 Å². The van der Waals surface area contributed by atoms with Crippen LogP contribution in [0.3, 0.4) is 0 Å². The molecule has 10 heteroatoms. The third-order valence-corrected chi connectivity index (χ3v) is 5.85. The fourth-order valence-corrected chi connectivity index (χ4v) is 4.24. The molecule has 0 atom stereocenters. The van der Waals surface area contributed by atoms with Crippen LogP contribution in [0.15, 0.2) is 47.6 Å². The number of thioether (sulfide) groups is 1. The van der Waals surface area contributed by atoms with Gasteiger partial charge in [0.25, 0.3) is 11.8 Å². The first-order valence-corrected chi connectivity index (χ1v) is 10.5. The van der Waals surface area contributed by atoms with Crippen LogP contribution in [0, 0.1) is 0 Å². The molecule has 0 N–H and O–H groups in total. The lowest BCUT2D eigenvalue weighted by atomic mass is 10.1. The average molecular weight is 423 g/mol. The topological polar surface area (TPSA) is 99.4 Å². The van der Waals surface area contributed by atoms with Crippen molar-refractivity contribution in [2.45, 2.75) is 11.6 Å². The van der Waals surface area contributed by atoms with Gasteiger partial charge >= 0.3 is 0 Å². The molecule has 9 nitrogen and oxygen atoms in total. The van der Waals surface area contributed by atoms with E-state index in [4.69, 9.17) is 9.47 Å². The van der Waals surface area contributed by atoms with Crippen molar-refractivity contribution in [1.82, 2.24) is 25.1 Å². The van der Waals surface area contributed by atoms with Gasteiger partial charge in [0.05, 0.1) is 16.8 Å². The number of carbonyl (C=O) groups excluding carboxylic acids is 2. The maximum Gasteiger partial charge on any atom is 0.261 e. The van der Waals surface area contributed by atoms with Gasteiger partial charge in [-0.15, -0.1) is 5.10 Å². The summed E-state index contributed by atoms with van der Waals surface area (Å²) < 4.78 is 12.8. The molecule has 152 valence electrons. The third kappa shape index (κ3) is 3.28. The molecule has 3 heterocycles. The molecule has 0 saturated heterocycles. The van der Waals surface area contributed by atoms with Crippen LogP contribution in [0.4, 0.5) is 0 Å². The molecule has 2 aliphatic heterocycles. The molecule has 2 aromatic carbocycles. The molecule has 0 fully saturated rings. The van der Waals surface area contributed by atoms with E-state index < -0.39 is 0 Å². The van der Waals surface area contributed by atoms with Gasteiger partial charge in [-0.1, -0.05) is 23.9 Å². The van der Waals surface area contributed by atoms with Gasteiger partial charge in [-0.05, 0) is 41.1 Å². The number of ether oxygens (including phenoxy) is 2. The van der Waals surface area contributed by atoms with Crippen molar-refractivity contribution in [3.63, 3.8) is 0 Å². The van der Waals surface area contributed by atoms with Crippen LogP contribution in [0.1, 0.15) is 27.1 Å². The second kappa shape index (κ2) is 7.79. The maximum atomic E-state index is 12.4. The van der Waals surface area contributed by atoms with E-state index in [-0.39, 0.29) is 11.8 Å². The summed E-state index contributed by atoms with van der Waals surface area (Å²) in [6.45, 7) is 1.39. The monoisotopic (exact) mass is 423 g/mol. The van der Waals surface area contributed by atoms with Crippen LogP contribution < -0.4 is 9.47 Å². The summed E-state index contributed by atoms with van der Waals surface area (Å²) in [6, 6.07) is 12.4. The lowest BCUT2D eigenvalue weighted by Crippen LogP contribution is -2.31. The quantitative estimate of drug-likeness (QED) is 0.338. The number of imide groups is 1. The molecule has 1 aromatic heterocycles. The summed E-state index contributed by atoms with van der Waals surface area (Å²) in [5, 5.41) is 12.5. The van der Waals surface area contributed by atoms with E-state index in [2.05, 4.69) is 15.5 Å². The Bertz CT molecular complexity index is 1100. The van der Waals surface area contributed by atoms with E-state index in [1.807, 2.05) is 18.2 Å². The number of hydrogen-bond donors (Lipinski definition) is 0. The van der Waals surface area contributed by atoms with Crippen molar-refractivity contribution >= 4 is 23.6 Å². The second-order valence-electron chi connectivity index (χ2n) is 6.71. The Morgan fingerprint density at radius 3 is 2.47 bits per heavy atom. The highest BCUT2D eigenvalue weighted by Gasteiger charge is 2.34. The van der Waals surface area contributed by atoms with E-state index in [0.717, 1.165) is 5.69 Å². The number of fused-ring (bicyclic) bond motifs is 2. The van der Waals surface area contributed by atoms with E-state index in [9.17, 15) is 9.59 Å². The summed E-state index contributed by atoms with van der Waals surface area (Å²) in [5.74, 6) is 1.55. The Hall–Kier alpha value is -3.40. The number of benzene rings is 2. The van der Waals surface area contributed by atoms with E-state index in [0.29, 0.717) is 59.7 Å². The molecular weight excluding hydrogens is 406 g/mol. The van der Waals surface area contributed by atoms with Gasteiger partial charge in [-0.3, -0.25) is 14.5 Å². The standard InChI is InChI=1S/C20H17N5O4S/c26-18-14-4-1-2-5-15(14)19(27)24(18)8-3-11-30-20-21-22-23-25(20)13-6-7-16-17(12-13)29-10-9-28-16/h1-2,4-7,12H,3,8-11H2.